The Labute approximate surface area is 116 Å². The highest BCUT2D eigenvalue weighted by atomic mass is 32.2. The molecule has 1 aliphatic heterocycles. The number of ketones is 1. The summed E-state index contributed by atoms with van der Waals surface area (Å²) in [5.74, 6) is 0.562. The summed E-state index contributed by atoms with van der Waals surface area (Å²) >= 11 is 3.55. The Morgan fingerprint density at radius 3 is 2.61 bits per heavy atom. The van der Waals surface area contributed by atoms with E-state index in [-0.39, 0.29) is 16.9 Å². The van der Waals surface area contributed by atoms with Crippen LogP contribution < -0.4 is 0 Å². The van der Waals surface area contributed by atoms with Crippen molar-refractivity contribution in [2.45, 2.75) is 36.5 Å². The molecule has 98 valence electrons. The second-order valence-electron chi connectivity index (χ2n) is 4.75. The Morgan fingerprint density at radius 2 is 2.00 bits per heavy atom. The molecule has 1 fully saturated rings. The van der Waals surface area contributed by atoms with Gasteiger partial charge in [-0.3, -0.25) is 4.79 Å². The summed E-state index contributed by atoms with van der Waals surface area (Å²) in [6, 6.07) is 4.58. The molecule has 1 aromatic carbocycles. The minimum absolute atomic E-state index is 0.0394. The van der Waals surface area contributed by atoms with Crippen LogP contribution >= 0.6 is 23.5 Å². The summed E-state index contributed by atoms with van der Waals surface area (Å²) < 4.78 is 13.3. The first kappa shape index (κ1) is 13.9. The molecule has 1 aliphatic rings. The van der Waals surface area contributed by atoms with Gasteiger partial charge in [-0.25, -0.2) is 4.39 Å². The zero-order chi connectivity index (χ0) is 13.3. The zero-order valence-corrected chi connectivity index (χ0v) is 12.4. The largest absolute Gasteiger partial charge is 0.293 e. The summed E-state index contributed by atoms with van der Waals surface area (Å²) in [6.07, 6.45) is 0. The lowest BCUT2D eigenvalue weighted by atomic mass is 10.1. The normalized spacial score (nSPS) is 28.1. The summed E-state index contributed by atoms with van der Waals surface area (Å²) in [4.78, 5) is 12.4. The quantitative estimate of drug-likeness (QED) is 0.766. The Morgan fingerprint density at radius 1 is 1.28 bits per heavy atom. The predicted molar refractivity (Wildman–Crippen MR) is 78.2 cm³/mol. The molecular weight excluding hydrogens is 267 g/mol. The summed E-state index contributed by atoms with van der Waals surface area (Å²) in [5, 5.41) is 1.00. The van der Waals surface area contributed by atoms with E-state index in [0.717, 1.165) is 11.3 Å². The van der Waals surface area contributed by atoms with E-state index in [2.05, 4.69) is 13.8 Å². The van der Waals surface area contributed by atoms with E-state index in [4.69, 9.17) is 0 Å². The second-order valence-corrected chi connectivity index (χ2v) is 7.74. The number of hydrogen-bond donors (Lipinski definition) is 0. The van der Waals surface area contributed by atoms with Gasteiger partial charge in [0.25, 0.3) is 0 Å². The molecule has 18 heavy (non-hydrogen) atoms. The Hall–Kier alpha value is -0.480. The van der Waals surface area contributed by atoms with Crippen LogP contribution in [0.5, 0.6) is 0 Å². The fraction of sp³-hybridized carbons (Fsp3) is 0.500. The molecule has 3 unspecified atom stereocenters. The van der Waals surface area contributed by atoms with Gasteiger partial charge < -0.3 is 0 Å². The van der Waals surface area contributed by atoms with Gasteiger partial charge in [0, 0.05) is 21.8 Å². The van der Waals surface area contributed by atoms with E-state index in [1.54, 1.807) is 17.8 Å². The molecule has 0 radical (unpaired) electrons. The highest BCUT2D eigenvalue weighted by molar-refractivity contribution is 8.08. The molecule has 4 heteroatoms. The van der Waals surface area contributed by atoms with Gasteiger partial charge in [0.2, 0.25) is 0 Å². The van der Waals surface area contributed by atoms with Crippen molar-refractivity contribution < 1.29 is 9.18 Å². The Bertz CT molecular complexity index is 441. The predicted octanol–water partition coefficient (Wildman–Crippen LogP) is 3.94. The van der Waals surface area contributed by atoms with Crippen LogP contribution in [0.4, 0.5) is 4.39 Å². The maximum atomic E-state index is 13.3. The number of hydrogen-bond acceptors (Lipinski definition) is 3. The van der Waals surface area contributed by atoms with Crippen molar-refractivity contribution in [2.24, 2.45) is 0 Å². The first-order chi connectivity index (χ1) is 8.47. The van der Waals surface area contributed by atoms with Crippen LogP contribution in [-0.4, -0.2) is 27.3 Å². The Kier molecular flexibility index (Phi) is 4.38. The maximum Gasteiger partial charge on any atom is 0.176 e. The van der Waals surface area contributed by atoms with Gasteiger partial charge in [-0.15, -0.1) is 11.8 Å². The molecule has 1 aromatic rings. The summed E-state index contributed by atoms with van der Waals surface area (Å²) in [5.41, 5.74) is 1.31. The molecule has 0 N–H and O–H groups in total. The smallest absolute Gasteiger partial charge is 0.176 e. The highest BCUT2D eigenvalue weighted by Gasteiger charge is 2.30. The second kappa shape index (κ2) is 5.66. The lowest BCUT2D eigenvalue weighted by Gasteiger charge is -2.30. The minimum Gasteiger partial charge on any atom is -0.293 e. The van der Waals surface area contributed by atoms with Gasteiger partial charge >= 0.3 is 0 Å². The maximum absolute atomic E-state index is 13.3. The molecule has 0 spiro atoms. The van der Waals surface area contributed by atoms with Crippen molar-refractivity contribution in [3.8, 4) is 0 Å². The van der Waals surface area contributed by atoms with E-state index in [9.17, 15) is 9.18 Å². The molecular formula is C14H17FOS2. The Balaban J connectivity index is 2.16. The van der Waals surface area contributed by atoms with Crippen molar-refractivity contribution in [1.82, 2.24) is 0 Å². The van der Waals surface area contributed by atoms with Crippen LogP contribution in [0.3, 0.4) is 0 Å². The van der Waals surface area contributed by atoms with Crippen molar-refractivity contribution in [3.05, 3.63) is 35.1 Å². The fourth-order valence-corrected chi connectivity index (χ4v) is 4.86. The van der Waals surface area contributed by atoms with Crippen molar-refractivity contribution >= 4 is 29.3 Å². The lowest BCUT2D eigenvalue weighted by molar-refractivity contribution is 0.0994. The fourth-order valence-electron chi connectivity index (χ4n) is 1.99. The average molecular weight is 284 g/mol. The van der Waals surface area contributed by atoms with Gasteiger partial charge in [-0.2, -0.15) is 11.8 Å². The molecule has 2 rings (SSSR count). The number of aryl methyl sites for hydroxylation is 1. The number of thioether (sulfide) groups is 2. The molecule has 0 aliphatic carbocycles. The van der Waals surface area contributed by atoms with Crippen molar-refractivity contribution in [1.29, 1.82) is 0 Å². The molecule has 0 bridgehead atoms. The van der Waals surface area contributed by atoms with Crippen LogP contribution in [0.1, 0.15) is 29.8 Å². The van der Waals surface area contributed by atoms with E-state index in [1.807, 2.05) is 18.7 Å². The molecule has 0 amide bonds. The van der Waals surface area contributed by atoms with Gasteiger partial charge in [-0.05, 0) is 30.7 Å². The number of halogens is 1. The third-order valence-electron chi connectivity index (χ3n) is 3.17. The number of rotatable bonds is 2. The summed E-state index contributed by atoms with van der Waals surface area (Å²) in [6.45, 7) is 6.15. The minimum atomic E-state index is -0.326. The van der Waals surface area contributed by atoms with Crippen LogP contribution in [0.15, 0.2) is 18.2 Å². The summed E-state index contributed by atoms with van der Waals surface area (Å²) in [7, 11) is 0. The molecule has 1 heterocycles. The molecule has 1 saturated heterocycles. The third kappa shape index (κ3) is 3.09. The van der Waals surface area contributed by atoms with E-state index in [1.165, 1.54) is 12.1 Å². The average Bonchev–Trinajstić information content (AvgIpc) is 2.30. The molecule has 0 aromatic heterocycles. The van der Waals surface area contributed by atoms with Crippen LogP contribution in [-0.2, 0) is 0 Å². The lowest BCUT2D eigenvalue weighted by Crippen LogP contribution is -2.31. The van der Waals surface area contributed by atoms with Crippen LogP contribution in [0.2, 0.25) is 0 Å². The van der Waals surface area contributed by atoms with Gasteiger partial charge in [0.05, 0.1) is 5.25 Å². The third-order valence-corrected chi connectivity index (χ3v) is 6.56. The van der Waals surface area contributed by atoms with E-state index >= 15 is 0 Å². The first-order valence-corrected chi connectivity index (χ1v) is 8.05. The van der Waals surface area contributed by atoms with E-state index in [0.29, 0.717) is 16.1 Å². The molecule has 1 nitrogen and oxygen atoms in total. The monoisotopic (exact) mass is 284 g/mol. The van der Waals surface area contributed by atoms with Crippen molar-refractivity contribution in [3.63, 3.8) is 0 Å². The van der Waals surface area contributed by atoms with Gasteiger partial charge in [0.1, 0.15) is 5.82 Å². The molecule has 0 saturated carbocycles. The topological polar surface area (TPSA) is 17.1 Å². The number of Topliss-reactive ketones (excluding diaryl/α,β-unsaturated/α-hetero) is 1. The number of benzene rings is 1. The first-order valence-electron chi connectivity index (χ1n) is 6.06. The van der Waals surface area contributed by atoms with Crippen LogP contribution in [0.25, 0.3) is 0 Å². The highest BCUT2D eigenvalue weighted by Crippen LogP contribution is 2.37. The van der Waals surface area contributed by atoms with Crippen LogP contribution in [0, 0.1) is 12.7 Å². The number of carbonyl (C=O) groups is 1. The number of carbonyl (C=O) groups excluding carboxylic acids is 1. The van der Waals surface area contributed by atoms with E-state index < -0.39 is 0 Å². The van der Waals surface area contributed by atoms with Gasteiger partial charge in [-0.1, -0.05) is 13.8 Å². The van der Waals surface area contributed by atoms with Gasteiger partial charge in [0.15, 0.2) is 5.78 Å². The standard InChI is InChI=1S/C14H17FOS2/c1-8-4-11(6-12(15)5-8)14(16)13-7-17-9(2)10(3)18-13/h4-6,9-10,13H,7H2,1-3H3. The molecule has 3 atom stereocenters. The van der Waals surface area contributed by atoms with Crippen molar-refractivity contribution in [2.75, 3.05) is 5.75 Å². The zero-order valence-electron chi connectivity index (χ0n) is 10.8. The SMILES string of the molecule is Cc1cc(F)cc(C(=O)C2CSC(C)C(C)S2)c1.